The van der Waals surface area contributed by atoms with Crippen LogP contribution in [0.4, 0.5) is 15.2 Å². The van der Waals surface area contributed by atoms with E-state index in [4.69, 9.17) is 16.3 Å². The van der Waals surface area contributed by atoms with Gasteiger partial charge in [0.15, 0.2) is 21.7 Å². The van der Waals surface area contributed by atoms with E-state index in [-0.39, 0.29) is 20.9 Å². The summed E-state index contributed by atoms with van der Waals surface area (Å²) in [6.07, 6.45) is 2.70. The fourth-order valence-electron chi connectivity index (χ4n) is 2.84. The smallest absolute Gasteiger partial charge is 0.281 e. The highest BCUT2D eigenvalue weighted by Crippen LogP contribution is 2.30. The predicted octanol–water partition coefficient (Wildman–Crippen LogP) is 5.26. The van der Waals surface area contributed by atoms with Crippen LogP contribution in [0.1, 0.15) is 5.56 Å². The summed E-state index contributed by atoms with van der Waals surface area (Å²) in [5.74, 6) is -0.349. The molecule has 4 rings (SSSR count). The number of nitrogens with zero attached hydrogens (tertiary/aromatic N) is 3. The molecule has 2 aromatic carbocycles. The van der Waals surface area contributed by atoms with Crippen LogP contribution in [-0.2, 0) is 10.0 Å². The Hall–Kier alpha value is -3.54. The Kier molecular flexibility index (Phi) is 6.77. The van der Waals surface area contributed by atoms with Crippen LogP contribution < -0.4 is 9.46 Å². The number of benzene rings is 2. The first kappa shape index (κ1) is 23.6. The van der Waals surface area contributed by atoms with Crippen LogP contribution in [0.5, 0.6) is 11.5 Å². The summed E-state index contributed by atoms with van der Waals surface area (Å²) in [4.78, 5) is 12.4. The van der Waals surface area contributed by atoms with Gasteiger partial charge in [0.05, 0.1) is 29.7 Å². The monoisotopic (exact) mass is 518 g/mol. The lowest BCUT2D eigenvalue weighted by Gasteiger charge is -2.05. The number of para-hydroxylation sites is 1. The number of halogens is 2. The van der Waals surface area contributed by atoms with Gasteiger partial charge in [0.2, 0.25) is 0 Å². The van der Waals surface area contributed by atoms with Crippen molar-refractivity contribution in [3.8, 4) is 22.8 Å². The average molecular weight is 519 g/mol. The van der Waals surface area contributed by atoms with Gasteiger partial charge in [0.1, 0.15) is 5.82 Å². The third kappa shape index (κ3) is 5.16. The minimum absolute atomic E-state index is 0.0148. The number of pyridine rings is 1. The molecule has 0 saturated carbocycles. The average Bonchev–Trinajstić information content (AvgIpc) is 3.28. The largest absolute Gasteiger partial charge is 0.504 e. The van der Waals surface area contributed by atoms with E-state index in [0.29, 0.717) is 28.3 Å². The summed E-state index contributed by atoms with van der Waals surface area (Å²) < 4.78 is 46.5. The molecule has 0 aliphatic rings. The number of aromatic nitrogens is 2. The highest BCUT2D eigenvalue weighted by Gasteiger charge is 2.18. The van der Waals surface area contributed by atoms with Gasteiger partial charge in [0, 0.05) is 22.7 Å². The van der Waals surface area contributed by atoms with Crippen LogP contribution in [0.2, 0.25) is 5.02 Å². The third-order valence-electron chi connectivity index (χ3n) is 4.54. The van der Waals surface area contributed by atoms with Crippen molar-refractivity contribution in [2.45, 2.75) is 5.03 Å². The summed E-state index contributed by atoms with van der Waals surface area (Å²) in [6, 6.07) is 11.9. The molecule has 0 saturated heterocycles. The Bertz CT molecular complexity index is 1470. The van der Waals surface area contributed by atoms with Crippen LogP contribution >= 0.6 is 22.9 Å². The lowest BCUT2D eigenvalue weighted by atomic mass is 10.2. The van der Waals surface area contributed by atoms with Gasteiger partial charge in [-0.1, -0.05) is 23.7 Å². The van der Waals surface area contributed by atoms with E-state index in [1.807, 2.05) is 0 Å². The molecule has 0 atom stereocenters. The molecule has 0 aliphatic carbocycles. The van der Waals surface area contributed by atoms with E-state index < -0.39 is 15.8 Å². The molecule has 0 unspecified atom stereocenters. The Labute approximate surface area is 203 Å². The molecule has 0 aliphatic heterocycles. The number of thiazole rings is 1. The predicted molar refractivity (Wildman–Crippen MR) is 129 cm³/mol. The summed E-state index contributed by atoms with van der Waals surface area (Å²) in [7, 11) is -2.57. The molecule has 0 radical (unpaired) electrons. The second-order valence-electron chi connectivity index (χ2n) is 6.78. The molecule has 34 heavy (non-hydrogen) atoms. The zero-order valence-corrected chi connectivity index (χ0v) is 19.8. The van der Waals surface area contributed by atoms with E-state index >= 15 is 0 Å². The quantitative estimate of drug-likeness (QED) is 0.322. The fraction of sp³-hybridized carbons (Fsp3) is 0.0455. The molecular formula is C22H16ClFN4O4S2. The van der Waals surface area contributed by atoms with Crippen molar-refractivity contribution in [3.63, 3.8) is 0 Å². The lowest BCUT2D eigenvalue weighted by molar-refractivity contribution is 0.373. The third-order valence-corrected chi connectivity index (χ3v) is 6.99. The van der Waals surface area contributed by atoms with Crippen molar-refractivity contribution in [1.29, 1.82) is 0 Å². The molecule has 2 aromatic heterocycles. The number of hydrogen-bond donors (Lipinski definition) is 2. The first-order valence-electron chi connectivity index (χ1n) is 9.56. The molecular weight excluding hydrogens is 503 g/mol. The number of anilines is 1. The molecule has 8 nitrogen and oxygen atoms in total. The van der Waals surface area contributed by atoms with Gasteiger partial charge in [-0.15, -0.1) is 11.3 Å². The van der Waals surface area contributed by atoms with Gasteiger partial charge in [-0.25, -0.2) is 14.4 Å². The maximum absolute atomic E-state index is 13.7. The van der Waals surface area contributed by atoms with E-state index in [1.54, 1.807) is 29.6 Å². The molecule has 0 fully saturated rings. The minimum Gasteiger partial charge on any atom is -0.504 e. The Morgan fingerprint density at radius 3 is 2.76 bits per heavy atom. The number of aromatic hydroxyl groups is 1. The molecule has 12 heteroatoms. The van der Waals surface area contributed by atoms with Gasteiger partial charge >= 0.3 is 0 Å². The molecule has 174 valence electrons. The number of sulfonamides is 1. The minimum atomic E-state index is -4.01. The highest BCUT2D eigenvalue weighted by molar-refractivity contribution is 7.92. The number of methoxy groups -OCH3 is 1. The van der Waals surface area contributed by atoms with Gasteiger partial charge in [-0.3, -0.25) is 9.71 Å². The number of rotatable bonds is 7. The molecule has 2 heterocycles. The number of phenols is 1. The first-order valence-corrected chi connectivity index (χ1v) is 12.3. The summed E-state index contributed by atoms with van der Waals surface area (Å²) in [5.41, 5.74) is 1.67. The van der Waals surface area contributed by atoms with E-state index in [1.165, 1.54) is 43.8 Å². The zero-order valence-electron chi connectivity index (χ0n) is 17.4. The summed E-state index contributed by atoms with van der Waals surface area (Å²) in [5, 5.41) is 11.6. The van der Waals surface area contributed by atoms with E-state index in [0.717, 1.165) is 11.3 Å². The number of hydrogen-bond acceptors (Lipinski definition) is 8. The van der Waals surface area contributed by atoms with Crippen molar-refractivity contribution < 1.29 is 22.7 Å². The van der Waals surface area contributed by atoms with Gasteiger partial charge in [-0.2, -0.15) is 8.42 Å². The number of nitrogens with one attached hydrogen (secondary N) is 1. The second kappa shape index (κ2) is 9.75. The van der Waals surface area contributed by atoms with Gasteiger partial charge in [-0.05, 0) is 36.4 Å². The zero-order chi connectivity index (χ0) is 24.3. The molecule has 0 amide bonds. The van der Waals surface area contributed by atoms with Crippen LogP contribution in [0, 0.1) is 5.82 Å². The van der Waals surface area contributed by atoms with Crippen molar-refractivity contribution in [3.05, 3.63) is 76.5 Å². The number of ether oxygens (including phenoxy) is 1. The summed E-state index contributed by atoms with van der Waals surface area (Å²) in [6.45, 7) is 0. The topological polar surface area (TPSA) is 114 Å². The highest BCUT2D eigenvalue weighted by atomic mass is 35.5. The number of aliphatic imine (C=N–C) groups is 1. The molecule has 2 N–H and O–H groups in total. The van der Waals surface area contributed by atoms with Crippen molar-refractivity contribution in [2.24, 2.45) is 4.99 Å². The Morgan fingerprint density at radius 2 is 2.06 bits per heavy atom. The second-order valence-corrected chi connectivity index (χ2v) is 9.68. The van der Waals surface area contributed by atoms with Crippen molar-refractivity contribution in [1.82, 2.24) is 9.97 Å². The first-order chi connectivity index (χ1) is 16.3. The maximum Gasteiger partial charge on any atom is 0.281 e. The standard InChI is InChI=1S/C22H16ClFN4O4S2/c1-32-19-4-2-3-14(21(19)29)10-25-15-6-8-20(26-11-15)34(30,31)28-22-27-18(12-33-22)13-5-7-16(23)17(24)9-13/h2-12,29H,1H3,(H,27,28)/b25-10+. The Balaban J connectivity index is 1.48. The van der Waals surface area contributed by atoms with Gasteiger partial charge in [0.25, 0.3) is 10.0 Å². The van der Waals surface area contributed by atoms with Crippen LogP contribution in [-0.4, -0.2) is 36.8 Å². The van der Waals surface area contributed by atoms with Crippen molar-refractivity contribution in [2.75, 3.05) is 11.8 Å². The van der Waals surface area contributed by atoms with E-state index in [9.17, 15) is 17.9 Å². The summed E-state index contributed by atoms with van der Waals surface area (Å²) >= 11 is 6.74. The SMILES string of the molecule is COc1cccc(/C=N/c2ccc(S(=O)(=O)Nc3nc(-c4ccc(Cl)c(F)c4)cs3)nc2)c1O. The molecule has 0 spiro atoms. The molecule has 0 bridgehead atoms. The van der Waals surface area contributed by atoms with Crippen LogP contribution in [0.15, 0.2) is 70.1 Å². The molecule has 4 aromatic rings. The van der Waals surface area contributed by atoms with Crippen LogP contribution in [0.25, 0.3) is 11.3 Å². The fourth-order valence-corrected chi connectivity index (χ4v) is 4.86. The Morgan fingerprint density at radius 1 is 1.24 bits per heavy atom. The van der Waals surface area contributed by atoms with Gasteiger partial charge < -0.3 is 9.84 Å². The van der Waals surface area contributed by atoms with Crippen LogP contribution in [0.3, 0.4) is 0 Å². The van der Waals surface area contributed by atoms with Crippen molar-refractivity contribution >= 4 is 50.0 Å². The maximum atomic E-state index is 13.7. The number of phenolic OH excluding ortho intramolecular Hbond substituents is 1. The van der Waals surface area contributed by atoms with E-state index in [2.05, 4.69) is 19.7 Å². The lowest BCUT2D eigenvalue weighted by Crippen LogP contribution is -2.14. The normalized spacial score (nSPS) is 11.6.